The Hall–Kier alpha value is -0.873. The van der Waals surface area contributed by atoms with Gasteiger partial charge in [0.25, 0.3) is 0 Å². The standard InChI is InChI=1S/C12H20N2OSi/c1-11(2,3)16-15-12(4,5)9-7-6-8-14-10(9)13/h6-8H,1-5H3,(H2,13,14). The molecule has 0 aliphatic rings. The summed E-state index contributed by atoms with van der Waals surface area (Å²) < 4.78 is 5.97. The van der Waals surface area contributed by atoms with Crippen LogP contribution in [0, 0.1) is 0 Å². The summed E-state index contributed by atoms with van der Waals surface area (Å²) in [5, 5.41) is 0.175. The Balaban J connectivity index is 2.82. The number of anilines is 1. The smallest absolute Gasteiger partial charge is 0.236 e. The van der Waals surface area contributed by atoms with Gasteiger partial charge in [0.15, 0.2) is 0 Å². The summed E-state index contributed by atoms with van der Waals surface area (Å²) in [7, 11) is 0.432. The number of rotatable bonds is 3. The topological polar surface area (TPSA) is 48.1 Å². The lowest BCUT2D eigenvalue weighted by atomic mass is 9.99. The highest BCUT2D eigenvalue weighted by molar-refractivity contribution is 6.31. The van der Waals surface area contributed by atoms with Crippen LogP contribution in [-0.2, 0) is 10.0 Å². The largest absolute Gasteiger partial charge is 0.408 e. The van der Waals surface area contributed by atoms with Gasteiger partial charge in [-0.15, -0.1) is 0 Å². The predicted molar refractivity (Wildman–Crippen MR) is 68.2 cm³/mol. The number of hydrogen-bond acceptors (Lipinski definition) is 3. The minimum atomic E-state index is -0.385. The average Bonchev–Trinajstić information content (AvgIpc) is 2.14. The third-order valence-corrected chi connectivity index (χ3v) is 3.32. The highest BCUT2D eigenvalue weighted by atomic mass is 28.2. The van der Waals surface area contributed by atoms with Crippen molar-refractivity contribution >= 4 is 15.6 Å². The van der Waals surface area contributed by atoms with E-state index in [9.17, 15) is 0 Å². The highest BCUT2D eigenvalue weighted by Crippen LogP contribution is 2.31. The molecule has 0 unspecified atom stereocenters. The zero-order valence-corrected chi connectivity index (χ0v) is 11.7. The normalized spacial score (nSPS) is 12.8. The second-order valence-corrected chi connectivity index (χ2v) is 7.31. The third-order valence-electron chi connectivity index (χ3n) is 2.10. The Kier molecular flexibility index (Phi) is 3.75. The monoisotopic (exact) mass is 236 g/mol. The number of hydrogen-bond donors (Lipinski definition) is 1. The molecule has 0 aliphatic carbocycles. The lowest BCUT2D eigenvalue weighted by molar-refractivity contribution is 0.110. The highest BCUT2D eigenvalue weighted by Gasteiger charge is 2.27. The van der Waals surface area contributed by atoms with E-state index in [0.717, 1.165) is 5.56 Å². The molecule has 0 atom stereocenters. The number of nitrogen functional groups attached to an aromatic ring is 1. The van der Waals surface area contributed by atoms with Crippen molar-refractivity contribution in [2.24, 2.45) is 0 Å². The van der Waals surface area contributed by atoms with Gasteiger partial charge in [0.2, 0.25) is 9.76 Å². The van der Waals surface area contributed by atoms with E-state index in [-0.39, 0.29) is 10.6 Å². The van der Waals surface area contributed by atoms with Crippen molar-refractivity contribution in [3.8, 4) is 0 Å². The summed E-state index contributed by atoms with van der Waals surface area (Å²) in [4.78, 5) is 4.09. The van der Waals surface area contributed by atoms with Gasteiger partial charge in [-0.25, -0.2) is 4.98 Å². The number of aromatic nitrogens is 1. The van der Waals surface area contributed by atoms with Crippen LogP contribution in [0.5, 0.6) is 0 Å². The molecule has 0 saturated heterocycles. The van der Waals surface area contributed by atoms with Crippen LogP contribution in [0.25, 0.3) is 0 Å². The van der Waals surface area contributed by atoms with E-state index in [1.54, 1.807) is 6.20 Å². The van der Waals surface area contributed by atoms with Crippen molar-refractivity contribution in [2.45, 2.75) is 45.3 Å². The maximum absolute atomic E-state index is 5.97. The fourth-order valence-corrected chi connectivity index (χ4v) is 1.93. The van der Waals surface area contributed by atoms with Crippen molar-refractivity contribution in [3.63, 3.8) is 0 Å². The van der Waals surface area contributed by atoms with Crippen LogP contribution in [-0.4, -0.2) is 14.7 Å². The lowest BCUT2D eigenvalue weighted by Crippen LogP contribution is -2.28. The van der Waals surface area contributed by atoms with E-state index in [0.29, 0.717) is 15.6 Å². The van der Waals surface area contributed by atoms with Crippen LogP contribution < -0.4 is 5.73 Å². The molecule has 2 radical (unpaired) electrons. The van der Waals surface area contributed by atoms with Gasteiger partial charge in [-0.05, 0) is 25.0 Å². The fourth-order valence-electron chi connectivity index (χ4n) is 1.26. The van der Waals surface area contributed by atoms with Crippen molar-refractivity contribution in [3.05, 3.63) is 23.9 Å². The van der Waals surface area contributed by atoms with Crippen molar-refractivity contribution < 1.29 is 4.43 Å². The summed E-state index contributed by atoms with van der Waals surface area (Å²) in [6.07, 6.45) is 1.70. The molecule has 4 heteroatoms. The van der Waals surface area contributed by atoms with Crippen LogP contribution in [0.2, 0.25) is 5.04 Å². The number of nitrogens with zero attached hydrogens (tertiary/aromatic N) is 1. The van der Waals surface area contributed by atoms with Gasteiger partial charge < -0.3 is 10.2 Å². The molecule has 1 heterocycles. The molecular weight excluding hydrogens is 216 g/mol. The van der Waals surface area contributed by atoms with E-state index in [1.165, 1.54) is 0 Å². The Morgan fingerprint density at radius 3 is 2.38 bits per heavy atom. The zero-order chi connectivity index (χ0) is 12.4. The molecule has 0 amide bonds. The summed E-state index contributed by atoms with van der Waals surface area (Å²) >= 11 is 0. The molecule has 0 aliphatic heterocycles. The minimum absolute atomic E-state index is 0.175. The van der Waals surface area contributed by atoms with E-state index in [2.05, 4.69) is 25.8 Å². The van der Waals surface area contributed by atoms with Gasteiger partial charge in [-0.1, -0.05) is 26.8 Å². The summed E-state index contributed by atoms with van der Waals surface area (Å²) in [6, 6.07) is 3.85. The molecule has 0 spiro atoms. The van der Waals surface area contributed by atoms with Gasteiger partial charge in [0.05, 0.1) is 5.60 Å². The van der Waals surface area contributed by atoms with E-state index in [1.807, 2.05) is 26.0 Å². The fraction of sp³-hybridized carbons (Fsp3) is 0.583. The lowest BCUT2D eigenvalue weighted by Gasteiger charge is -2.30. The maximum Gasteiger partial charge on any atom is 0.236 e. The van der Waals surface area contributed by atoms with E-state index in [4.69, 9.17) is 10.2 Å². The Labute approximate surface area is 100 Å². The molecule has 3 nitrogen and oxygen atoms in total. The minimum Gasteiger partial charge on any atom is -0.408 e. The van der Waals surface area contributed by atoms with Crippen LogP contribution in [0.15, 0.2) is 18.3 Å². The van der Waals surface area contributed by atoms with Gasteiger partial charge in [-0.2, -0.15) is 0 Å². The van der Waals surface area contributed by atoms with Crippen molar-refractivity contribution in [1.29, 1.82) is 0 Å². The molecule has 1 rings (SSSR count). The molecule has 1 aromatic rings. The molecule has 0 saturated carbocycles. The van der Waals surface area contributed by atoms with Crippen LogP contribution in [0.3, 0.4) is 0 Å². The summed E-state index contributed by atoms with van der Waals surface area (Å²) in [6.45, 7) is 10.5. The van der Waals surface area contributed by atoms with Gasteiger partial charge in [0.1, 0.15) is 5.82 Å². The van der Waals surface area contributed by atoms with Gasteiger partial charge in [0, 0.05) is 11.8 Å². The van der Waals surface area contributed by atoms with Gasteiger partial charge >= 0.3 is 0 Å². The molecule has 0 aromatic carbocycles. The van der Waals surface area contributed by atoms with Crippen LogP contribution in [0.1, 0.15) is 40.2 Å². The van der Waals surface area contributed by atoms with E-state index < -0.39 is 0 Å². The second-order valence-electron chi connectivity index (χ2n) is 5.40. The third kappa shape index (κ3) is 3.61. The predicted octanol–water partition coefficient (Wildman–Crippen LogP) is 2.75. The Morgan fingerprint density at radius 1 is 1.25 bits per heavy atom. The zero-order valence-electron chi connectivity index (χ0n) is 10.7. The average molecular weight is 236 g/mol. The van der Waals surface area contributed by atoms with Crippen LogP contribution in [0.4, 0.5) is 5.82 Å². The first-order chi connectivity index (χ1) is 7.22. The molecule has 1 aromatic heterocycles. The molecule has 0 fully saturated rings. The molecular formula is C12H20N2OSi. The quantitative estimate of drug-likeness (QED) is 0.821. The van der Waals surface area contributed by atoms with Gasteiger partial charge in [-0.3, -0.25) is 0 Å². The second kappa shape index (κ2) is 4.55. The SMILES string of the molecule is CC(C)(C)[Si]OC(C)(C)c1cccnc1N. The number of nitrogens with two attached hydrogens (primary N) is 1. The van der Waals surface area contributed by atoms with E-state index >= 15 is 0 Å². The summed E-state index contributed by atoms with van der Waals surface area (Å²) in [5.41, 5.74) is 6.42. The number of pyridine rings is 1. The molecule has 88 valence electrons. The van der Waals surface area contributed by atoms with Crippen molar-refractivity contribution in [2.75, 3.05) is 5.73 Å². The Morgan fingerprint density at radius 2 is 1.88 bits per heavy atom. The van der Waals surface area contributed by atoms with Crippen LogP contribution >= 0.6 is 0 Å². The first kappa shape index (κ1) is 13.2. The Bertz CT molecular complexity index is 358. The molecule has 2 N–H and O–H groups in total. The molecule has 16 heavy (non-hydrogen) atoms. The van der Waals surface area contributed by atoms with Crippen molar-refractivity contribution in [1.82, 2.24) is 4.98 Å². The molecule has 0 bridgehead atoms. The first-order valence-corrected chi connectivity index (χ1v) is 6.29. The maximum atomic E-state index is 5.97. The summed E-state index contributed by atoms with van der Waals surface area (Å²) in [5.74, 6) is 0.547. The first-order valence-electron chi connectivity index (χ1n) is 5.38.